The molecule has 2 heterocycles. The average Bonchev–Trinajstić information content (AvgIpc) is 3.59. The van der Waals surface area contributed by atoms with Crippen LogP contribution in [0.25, 0.3) is 0 Å². The number of ether oxygens (including phenoxy) is 3. The van der Waals surface area contributed by atoms with Crippen molar-refractivity contribution in [3.05, 3.63) is 118 Å². The summed E-state index contributed by atoms with van der Waals surface area (Å²) >= 11 is 0. The van der Waals surface area contributed by atoms with Crippen LogP contribution in [-0.2, 0) is 14.4 Å². The molecule has 6 rings (SSSR count). The number of amides is 2. The predicted molar refractivity (Wildman–Crippen MR) is 166 cm³/mol. The van der Waals surface area contributed by atoms with E-state index in [-0.39, 0.29) is 22.9 Å². The Hall–Kier alpha value is -5.75. The molecule has 4 aromatic carbocycles. The van der Waals surface area contributed by atoms with Crippen molar-refractivity contribution >= 4 is 34.8 Å². The summed E-state index contributed by atoms with van der Waals surface area (Å²) in [5.74, 6) is -1.75. The van der Waals surface area contributed by atoms with Gasteiger partial charge < -0.3 is 14.2 Å². The molecule has 46 heavy (non-hydrogen) atoms. The number of methoxy groups -OCH3 is 1. The molecule has 2 amide bonds. The van der Waals surface area contributed by atoms with Gasteiger partial charge in [0, 0.05) is 12.1 Å². The molecule has 0 spiro atoms. The second-order valence-electron chi connectivity index (χ2n) is 10.6. The van der Waals surface area contributed by atoms with Crippen LogP contribution in [0.15, 0.2) is 97.1 Å². The first-order valence-electron chi connectivity index (χ1n) is 14.6. The first-order chi connectivity index (χ1) is 22.3. The lowest BCUT2D eigenvalue weighted by molar-refractivity contribution is -0.384. The maximum absolute atomic E-state index is 14.1. The molecule has 12 nitrogen and oxygen atoms in total. The SMILES string of the molecule is CCCOc1ccc(N2C(=O)[C@@H]3[C@H](ON(c4cccc([N+](=O)[O-])c4)[C@H]3c3ccc(OC(=O)c4ccccc4)c(OC)c3)C2=O)cc1. The van der Waals surface area contributed by atoms with Crippen molar-refractivity contribution in [2.24, 2.45) is 5.92 Å². The highest BCUT2D eigenvalue weighted by Gasteiger charge is 2.60. The number of esters is 1. The minimum atomic E-state index is -1.21. The quantitative estimate of drug-likeness (QED) is 0.0715. The van der Waals surface area contributed by atoms with E-state index in [9.17, 15) is 24.5 Å². The van der Waals surface area contributed by atoms with Crippen LogP contribution >= 0.6 is 0 Å². The number of anilines is 2. The smallest absolute Gasteiger partial charge is 0.343 e. The lowest BCUT2D eigenvalue weighted by atomic mass is 9.90. The molecule has 4 aromatic rings. The molecule has 0 aromatic heterocycles. The summed E-state index contributed by atoms with van der Waals surface area (Å²) < 4.78 is 16.8. The van der Waals surface area contributed by atoms with E-state index in [4.69, 9.17) is 19.0 Å². The van der Waals surface area contributed by atoms with Gasteiger partial charge >= 0.3 is 5.97 Å². The van der Waals surface area contributed by atoms with Crippen LogP contribution in [0, 0.1) is 16.0 Å². The molecule has 2 fully saturated rings. The fraction of sp³-hybridized carbons (Fsp3) is 0.206. The van der Waals surface area contributed by atoms with Crippen LogP contribution in [0.5, 0.6) is 17.2 Å². The Morgan fingerprint density at radius 3 is 2.35 bits per heavy atom. The summed E-state index contributed by atoms with van der Waals surface area (Å²) in [6.45, 7) is 2.52. The van der Waals surface area contributed by atoms with Gasteiger partial charge in [-0.2, -0.15) is 0 Å². The summed E-state index contributed by atoms with van der Waals surface area (Å²) in [5.41, 5.74) is 1.27. The van der Waals surface area contributed by atoms with Crippen molar-refractivity contribution in [1.82, 2.24) is 0 Å². The Morgan fingerprint density at radius 1 is 0.891 bits per heavy atom. The van der Waals surface area contributed by atoms with Gasteiger partial charge in [-0.05, 0) is 66.6 Å². The van der Waals surface area contributed by atoms with E-state index >= 15 is 0 Å². The summed E-state index contributed by atoms with van der Waals surface area (Å²) in [5, 5.41) is 12.9. The number of hydroxylamine groups is 1. The first-order valence-corrected chi connectivity index (χ1v) is 14.6. The Bertz CT molecular complexity index is 1800. The van der Waals surface area contributed by atoms with E-state index in [1.165, 1.54) is 36.4 Å². The van der Waals surface area contributed by atoms with Gasteiger partial charge in [0.25, 0.3) is 11.6 Å². The lowest BCUT2D eigenvalue weighted by Crippen LogP contribution is -2.37. The highest BCUT2D eigenvalue weighted by atomic mass is 16.7. The normalized spacial score (nSPS) is 18.8. The van der Waals surface area contributed by atoms with Crippen LogP contribution in [0.2, 0.25) is 0 Å². The fourth-order valence-electron chi connectivity index (χ4n) is 5.57. The second kappa shape index (κ2) is 12.7. The number of carbonyl (C=O) groups excluding carboxylic acids is 3. The zero-order valence-electron chi connectivity index (χ0n) is 24.9. The maximum atomic E-state index is 14.1. The number of benzene rings is 4. The van der Waals surface area contributed by atoms with Gasteiger partial charge in [0.15, 0.2) is 17.6 Å². The van der Waals surface area contributed by atoms with E-state index in [1.807, 2.05) is 6.92 Å². The number of non-ortho nitro benzene ring substituents is 1. The third-order valence-electron chi connectivity index (χ3n) is 7.72. The molecular formula is C34H29N3O9. The number of imide groups is 1. The maximum Gasteiger partial charge on any atom is 0.343 e. The Labute approximate surface area is 263 Å². The minimum absolute atomic E-state index is 0.137. The van der Waals surface area contributed by atoms with Crippen LogP contribution < -0.4 is 24.2 Å². The summed E-state index contributed by atoms with van der Waals surface area (Å²) in [4.78, 5) is 58.9. The van der Waals surface area contributed by atoms with Crippen LogP contribution in [-0.4, -0.2) is 42.5 Å². The lowest BCUT2D eigenvalue weighted by Gasteiger charge is -2.29. The zero-order chi connectivity index (χ0) is 32.4. The van der Waals surface area contributed by atoms with Crippen molar-refractivity contribution in [3.8, 4) is 17.2 Å². The number of nitro benzene ring substituents is 1. The second-order valence-corrected chi connectivity index (χ2v) is 10.6. The molecule has 0 saturated carbocycles. The number of fused-ring (bicyclic) bond motifs is 1. The topological polar surface area (TPSA) is 138 Å². The monoisotopic (exact) mass is 623 g/mol. The standard InChI is InChI=1S/C34H29N3O9/c1-3-18-44-26-15-13-23(14-16-26)35-32(38)29-30(36(46-31(29)33(35)39)24-10-7-11-25(20-24)37(41)42)22-12-17-27(28(19-22)43-2)45-34(40)21-8-5-4-6-9-21/h4-17,19-20,29-31H,3,18H2,1-2H3/t29-,30-,31-/m0/s1. The number of rotatable bonds is 10. The Morgan fingerprint density at radius 2 is 1.65 bits per heavy atom. The molecule has 2 aliphatic rings. The molecule has 0 bridgehead atoms. The zero-order valence-corrected chi connectivity index (χ0v) is 24.9. The van der Waals surface area contributed by atoms with Gasteiger partial charge in [-0.15, -0.1) is 0 Å². The fourth-order valence-corrected chi connectivity index (χ4v) is 5.57. The van der Waals surface area contributed by atoms with Crippen LogP contribution in [0.4, 0.5) is 17.1 Å². The molecule has 0 N–H and O–H groups in total. The minimum Gasteiger partial charge on any atom is -0.494 e. The van der Waals surface area contributed by atoms with Gasteiger partial charge in [0.1, 0.15) is 11.7 Å². The van der Waals surface area contributed by atoms with Gasteiger partial charge in [0.2, 0.25) is 5.91 Å². The molecule has 12 heteroatoms. The summed E-state index contributed by atoms with van der Waals surface area (Å²) in [7, 11) is 1.41. The molecular weight excluding hydrogens is 594 g/mol. The number of hydrogen-bond acceptors (Lipinski definition) is 10. The molecule has 0 radical (unpaired) electrons. The highest BCUT2D eigenvalue weighted by Crippen LogP contribution is 2.49. The van der Waals surface area contributed by atoms with Crippen molar-refractivity contribution in [2.75, 3.05) is 23.7 Å². The van der Waals surface area contributed by atoms with Crippen LogP contribution in [0.1, 0.15) is 35.3 Å². The van der Waals surface area contributed by atoms with E-state index in [0.717, 1.165) is 11.3 Å². The van der Waals surface area contributed by atoms with Crippen molar-refractivity contribution in [3.63, 3.8) is 0 Å². The van der Waals surface area contributed by atoms with Crippen molar-refractivity contribution < 1.29 is 38.4 Å². The van der Waals surface area contributed by atoms with Gasteiger partial charge in [-0.1, -0.05) is 37.3 Å². The summed E-state index contributed by atoms with van der Waals surface area (Å²) in [6, 6.07) is 24.7. The van der Waals surface area contributed by atoms with E-state index in [0.29, 0.717) is 29.2 Å². The predicted octanol–water partition coefficient (Wildman–Crippen LogP) is 5.66. The van der Waals surface area contributed by atoms with Gasteiger partial charge in [-0.25, -0.2) is 14.8 Å². The number of hydrogen-bond donors (Lipinski definition) is 0. The highest BCUT2D eigenvalue weighted by molar-refractivity contribution is 6.24. The Balaban J connectivity index is 1.37. The van der Waals surface area contributed by atoms with E-state index in [2.05, 4.69) is 0 Å². The molecule has 0 aliphatic carbocycles. The van der Waals surface area contributed by atoms with Gasteiger partial charge in [-0.3, -0.25) is 24.5 Å². The molecule has 2 aliphatic heterocycles. The first kappa shape index (κ1) is 30.3. The third-order valence-corrected chi connectivity index (χ3v) is 7.72. The number of carbonyl (C=O) groups is 3. The van der Waals surface area contributed by atoms with Crippen LogP contribution in [0.3, 0.4) is 0 Å². The van der Waals surface area contributed by atoms with E-state index < -0.39 is 40.8 Å². The van der Waals surface area contributed by atoms with Crippen molar-refractivity contribution in [1.29, 1.82) is 0 Å². The molecule has 0 unspecified atom stereocenters. The molecule has 234 valence electrons. The number of nitrogens with zero attached hydrogens (tertiary/aromatic N) is 3. The Kier molecular flexibility index (Phi) is 8.36. The van der Waals surface area contributed by atoms with Crippen molar-refractivity contribution in [2.45, 2.75) is 25.5 Å². The average molecular weight is 624 g/mol. The molecule has 2 saturated heterocycles. The third kappa shape index (κ3) is 5.61. The number of nitro groups is 1. The van der Waals surface area contributed by atoms with E-state index in [1.54, 1.807) is 72.8 Å². The largest absolute Gasteiger partial charge is 0.494 e. The molecule has 3 atom stereocenters. The van der Waals surface area contributed by atoms with Gasteiger partial charge in [0.05, 0.1) is 41.6 Å². The summed E-state index contributed by atoms with van der Waals surface area (Å²) in [6.07, 6.45) is -0.385.